The normalized spacial score (nSPS) is 18.4. The Morgan fingerprint density at radius 2 is 1.81 bits per heavy atom. The van der Waals surface area contributed by atoms with E-state index in [-0.39, 0.29) is 16.4 Å². The number of benzene rings is 1. The molecule has 3 heterocycles. The predicted molar refractivity (Wildman–Crippen MR) is 123 cm³/mol. The maximum Gasteiger partial charge on any atom is 0.291 e. The van der Waals surface area contributed by atoms with Crippen molar-refractivity contribution in [3.63, 3.8) is 0 Å². The number of nitrogens with zero attached hydrogens (tertiary/aromatic N) is 2. The van der Waals surface area contributed by atoms with Crippen LogP contribution in [0.1, 0.15) is 40.3 Å². The van der Waals surface area contributed by atoms with Crippen LogP contribution in [0.15, 0.2) is 33.6 Å². The van der Waals surface area contributed by atoms with E-state index in [4.69, 9.17) is 4.42 Å². The van der Waals surface area contributed by atoms with Gasteiger partial charge in [0.15, 0.2) is 5.76 Å². The number of rotatable bonds is 6. The molecule has 0 unspecified atom stereocenters. The summed E-state index contributed by atoms with van der Waals surface area (Å²) >= 11 is 1.99. The Labute approximate surface area is 188 Å². The first-order valence-electron chi connectivity index (χ1n) is 10.7. The molecule has 1 amide bonds. The highest BCUT2D eigenvalue weighted by Crippen LogP contribution is 2.27. The number of amides is 1. The predicted octanol–water partition coefficient (Wildman–Crippen LogP) is 3.48. The molecule has 2 aliphatic heterocycles. The summed E-state index contributed by atoms with van der Waals surface area (Å²) in [5.74, 6) is 2.14. The average molecular weight is 464 g/mol. The van der Waals surface area contributed by atoms with Gasteiger partial charge in [0.1, 0.15) is 10.7 Å². The number of carbonyl (C=O) groups excluding carboxylic acids is 1. The number of anilines is 1. The molecule has 0 atom stereocenters. The molecule has 0 spiro atoms. The first-order chi connectivity index (χ1) is 14.8. The first-order valence-corrected chi connectivity index (χ1v) is 13.3. The summed E-state index contributed by atoms with van der Waals surface area (Å²) in [5.41, 5.74) is 2.88. The third-order valence-corrected chi connectivity index (χ3v) is 8.78. The number of carbonyl (C=O) groups is 1. The van der Waals surface area contributed by atoms with Crippen molar-refractivity contribution in [1.82, 2.24) is 9.21 Å². The summed E-state index contributed by atoms with van der Waals surface area (Å²) in [5, 5.41) is 2.86. The van der Waals surface area contributed by atoms with Crippen molar-refractivity contribution < 1.29 is 17.6 Å². The van der Waals surface area contributed by atoms with Gasteiger partial charge in [0.2, 0.25) is 10.0 Å². The van der Waals surface area contributed by atoms with Gasteiger partial charge in [-0.05, 0) is 43.9 Å². The molecule has 9 heteroatoms. The van der Waals surface area contributed by atoms with Crippen LogP contribution in [0.2, 0.25) is 0 Å². The molecule has 2 saturated heterocycles. The van der Waals surface area contributed by atoms with Gasteiger partial charge in [0.25, 0.3) is 5.91 Å². The lowest BCUT2D eigenvalue weighted by molar-refractivity contribution is 0.0995. The van der Waals surface area contributed by atoms with Crippen LogP contribution in [0.4, 0.5) is 5.69 Å². The fourth-order valence-corrected chi connectivity index (χ4v) is 6.72. The van der Waals surface area contributed by atoms with Crippen LogP contribution in [0, 0.1) is 13.8 Å². The molecular formula is C22H29N3O4S2. The molecule has 1 aromatic carbocycles. The molecule has 2 aromatic rings. The third-order valence-electron chi connectivity index (χ3n) is 5.83. The molecule has 1 N–H and O–H groups in total. The van der Waals surface area contributed by atoms with Gasteiger partial charge in [-0.1, -0.05) is 12.1 Å². The van der Waals surface area contributed by atoms with E-state index in [1.54, 1.807) is 6.92 Å². The molecule has 4 rings (SSSR count). The Morgan fingerprint density at radius 3 is 2.48 bits per heavy atom. The van der Waals surface area contributed by atoms with Gasteiger partial charge >= 0.3 is 0 Å². The zero-order chi connectivity index (χ0) is 22.0. The molecular weight excluding hydrogens is 434 g/mol. The van der Waals surface area contributed by atoms with Crippen LogP contribution in [0.3, 0.4) is 0 Å². The molecule has 2 fully saturated rings. The number of aryl methyl sites for hydroxylation is 2. The van der Waals surface area contributed by atoms with E-state index in [0.29, 0.717) is 18.8 Å². The quantitative estimate of drug-likeness (QED) is 0.706. The summed E-state index contributed by atoms with van der Waals surface area (Å²) < 4.78 is 32.7. The van der Waals surface area contributed by atoms with Gasteiger partial charge in [0, 0.05) is 56.0 Å². The summed E-state index contributed by atoms with van der Waals surface area (Å²) in [6.45, 7) is 7.67. The van der Waals surface area contributed by atoms with E-state index in [0.717, 1.165) is 38.0 Å². The molecule has 0 saturated carbocycles. The number of hydrogen-bond acceptors (Lipinski definition) is 6. The van der Waals surface area contributed by atoms with E-state index < -0.39 is 15.9 Å². The molecule has 2 aliphatic rings. The van der Waals surface area contributed by atoms with E-state index >= 15 is 0 Å². The van der Waals surface area contributed by atoms with E-state index in [1.165, 1.54) is 27.4 Å². The molecule has 0 bridgehead atoms. The van der Waals surface area contributed by atoms with Crippen molar-refractivity contribution in [2.45, 2.75) is 38.1 Å². The van der Waals surface area contributed by atoms with Gasteiger partial charge in [0.05, 0.1) is 0 Å². The largest absolute Gasteiger partial charge is 0.455 e. The lowest BCUT2D eigenvalue weighted by Crippen LogP contribution is -2.31. The van der Waals surface area contributed by atoms with E-state index in [1.807, 2.05) is 30.8 Å². The highest BCUT2D eigenvalue weighted by atomic mass is 32.2. The Bertz CT molecular complexity index is 1050. The van der Waals surface area contributed by atoms with Crippen molar-refractivity contribution in [3.8, 4) is 0 Å². The van der Waals surface area contributed by atoms with Gasteiger partial charge < -0.3 is 9.73 Å². The second-order valence-corrected chi connectivity index (χ2v) is 11.3. The monoisotopic (exact) mass is 463 g/mol. The van der Waals surface area contributed by atoms with Crippen molar-refractivity contribution in [3.05, 3.63) is 46.9 Å². The van der Waals surface area contributed by atoms with Gasteiger partial charge in [-0.25, -0.2) is 8.42 Å². The summed E-state index contributed by atoms with van der Waals surface area (Å²) in [7, 11) is -3.63. The zero-order valence-corrected chi connectivity index (χ0v) is 19.7. The van der Waals surface area contributed by atoms with Gasteiger partial charge in [-0.3, -0.25) is 9.69 Å². The topological polar surface area (TPSA) is 82.9 Å². The second kappa shape index (κ2) is 9.36. The van der Waals surface area contributed by atoms with Crippen LogP contribution in [0.5, 0.6) is 0 Å². The Morgan fingerprint density at radius 1 is 1.10 bits per heavy atom. The minimum absolute atomic E-state index is 0.00423. The fourth-order valence-electron chi connectivity index (χ4n) is 4.07. The number of sulfonamides is 1. The van der Waals surface area contributed by atoms with E-state index in [9.17, 15) is 13.2 Å². The highest BCUT2D eigenvalue weighted by Gasteiger charge is 2.31. The minimum Gasteiger partial charge on any atom is -0.455 e. The Hall–Kier alpha value is -1.81. The molecule has 0 radical (unpaired) electrons. The zero-order valence-electron chi connectivity index (χ0n) is 18.0. The number of furan rings is 1. The maximum atomic E-state index is 12.8. The molecule has 0 aliphatic carbocycles. The van der Waals surface area contributed by atoms with Crippen LogP contribution in [-0.4, -0.2) is 61.2 Å². The van der Waals surface area contributed by atoms with Crippen LogP contribution in [-0.2, 0) is 16.6 Å². The Kier molecular flexibility index (Phi) is 6.76. The molecule has 7 nitrogen and oxygen atoms in total. The molecule has 168 valence electrons. The van der Waals surface area contributed by atoms with Crippen molar-refractivity contribution in [1.29, 1.82) is 0 Å². The first kappa shape index (κ1) is 22.4. The number of nitrogens with one attached hydrogen (secondary N) is 1. The second-order valence-electron chi connectivity index (χ2n) is 8.13. The average Bonchev–Trinajstić information content (AvgIpc) is 3.41. The van der Waals surface area contributed by atoms with Gasteiger partial charge in [-0.2, -0.15) is 16.1 Å². The summed E-state index contributed by atoms with van der Waals surface area (Å²) in [6.07, 6.45) is 1.71. The van der Waals surface area contributed by atoms with Crippen LogP contribution in [0.25, 0.3) is 0 Å². The third kappa shape index (κ3) is 5.00. The highest BCUT2D eigenvalue weighted by molar-refractivity contribution is 7.99. The molecule has 1 aromatic heterocycles. The van der Waals surface area contributed by atoms with Crippen molar-refractivity contribution >= 4 is 33.4 Å². The van der Waals surface area contributed by atoms with Crippen LogP contribution >= 0.6 is 11.8 Å². The van der Waals surface area contributed by atoms with E-state index in [2.05, 4.69) is 16.3 Å². The van der Waals surface area contributed by atoms with Crippen molar-refractivity contribution in [2.75, 3.05) is 43.0 Å². The molecule has 31 heavy (non-hydrogen) atoms. The smallest absolute Gasteiger partial charge is 0.291 e. The fraction of sp³-hybridized carbons (Fsp3) is 0.500. The number of hydrogen-bond donors (Lipinski definition) is 1. The summed E-state index contributed by atoms with van der Waals surface area (Å²) in [4.78, 5) is 15.3. The lowest BCUT2D eigenvalue weighted by Gasteiger charge is -2.26. The Balaban J connectivity index is 1.46. The van der Waals surface area contributed by atoms with Crippen LogP contribution < -0.4 is 5.32 Å². The lowest BCUT2D eigenvalue weighted by atomic mass is 10.1. The maximum absolute atomic E-state index is 12.8. The standard InChI is InChI=1S/C22H29N3O4S2/c1-16-13-18(15-24-9-11-30-12-10-24)5-6-19(16)23-22(26)20-14-21(17(2)29-20)31(27,28)25-7-3-4-8-25/h5-6,13-14H,3-4,7-12,15H2,1-2H3,(H,23,26). The van der Waals surface area contributed by atoms with Crippen molar-refractivity contribution in [2.24, 2.45) is 0 Å². The minimum atomic E-state index is -3.63. The summed E-state index contributed by atoms with van der Waals surface area (Å²) in [6, 6.07) is 7.37. The van der Waals surface area contributed by atoms with Gasteiger partial charge in [-0.15, -0.1) is 0 Å². The SMILES string of the molecule is Cc1cc(CN2CCSCC2)ccc1NC(=O)c1cc(S(=O)(=O)N2CCCC2)c(C)o1. The number of thioether (sulfide) groups is 1.